The van der Waals surface area contributed by atoms with Crippen molar-refractivity contribution >= 4 is 43.6 Å². The Bertz CT molecular complexity index is 1520. The van der Waals surface area contributed by atoms with Crippen LogP contribution in [0.2, 0.25) is 0 Å². The second kappa shape index (κ2) is 8.05. The van der Waals surface area contributed by atoms with E-state index in [9.17, 15) is 9.59 Å². The van der Waals surface area contributed by atoms with E-state index in [0.717, 1.165) is 26.9 Å². The maximum atomic E-state index is 13.7. The third-order valence-corrected chi connectivity index (χ3v) is 6.65. The van der Waals surface area contributed by atoms with Crippen LogP contribution in [0.15, 0.2) is 82.0 Å². The van der Waals surface area contributed by atoms with Gasteiger partial charge in [-0.05, 0) is 48.7 Å². The fourth-order valence-corrected chi connectivity index (χ4v) is 4.70. The quantitative estimate of drug-likeness (QED) is 0.328. The van der Waals surface area contributed by atoms with E-state index >= 15 is 0 Å². The molecule has 0 unspecified atom stereocenters. The summed E-state index contributed by atoms with van der Waals surface area (Å²) in [5.74, 6) is -0.429. The highest BCUT2D eigenvalue weighted by molar-refractivity contribution is 7.22. The summed E-state index contributed by atoms with van der Waals surface area (Å²) >= 11 is 1.44. The molecule has 0 aliphatic heterocycles. The summed E-state index contributed by atoms with van der Waals surface area (Å²) in [5.41, 5.74) is 3.84. The molecule has 2 heterocycles. The van der Waals surface area contributed by atoms with Crippen molar-refractivity contribution in [3.8, 4) is 0 Å². The first-order chi connectivity index (χ1) is 15.5. The number of rotatable bonds is 4. The van der Waals surface area contributed by atoms with Gasteiger partial charge in [-0.2, -0.15) is 0 Å². The van der Waals surface area contributed by atoms with E-state index < -0.39 is 11.5 Å². The van der Waals surface area contributed by atoms with Gasteiger partial charge in [0.2, 0.25) is 0 Å². The molecule has 0 bridgehead atoms. The summed E-state index contributed by atoms with van der Waals surface area (Å²) in [4.78, 5) is 32.7. The number of nitrogens with zero attached hydrogens (tertiary/aromatic N) is 2. The predicted molar refractivity (Wildman–Crippen MR) is 129 cm³/mol. The SMILES string of the molecule is Cc1ccc2sc(N(Cc3ccccc3)C(=O)c3cc4ccccc4oc3=O)nc2c1C. The molecule has 0 atom stereocenters. The number of anilines is 1. The lowest BCUT2D eigenvalue weighted by Crippen LogP contribution is -2.33. The van der Waals surface area contributed by atoms with Crippen LogP contribution in [-0.2, 0) is 6.54 Å². The van der Waals surface area contributed by atoms with E-state index in [1.165, 1.54) is 11.3 Å². The zero-order valence-corrected chi connectivity index (χ0v) is 18.5. The van der Waals surface area contributed by atoms with Crippen LogP contribution in [-0.4, -0.2) is 10.9 Å². The average Bonchev–Trinajstić information content (AvgIpc) is 3.24. The van der Waals surface area contributed by atoms with Crippen molar-refractivity contribution in [2.45, 2.75) is 20.4 Å². The van der Waals surface area contributed by atoms with Gasteiger partial charge in [0.25, 0.3) is 5.91 Å². The van der Waals surface area contributed by atoms with Crippen molar-refractivity contribution in [1.82, 2.24) is 4.98 Å². The number of hydrogen-bond acceptors (Lipinski definition) is 5. The van der Waals surface area contributed by atoms with Gasteiger partial charge >= 0.3 is 5.63 Å². The number of carbonyl (C=O) groups excluding carboxylic acids is 1. The summed E-state index contributed by atoms with van der Waals surface area (Å²) in [6.45, 7) is 4.37. The molecule has 0 spiro atoms. The minimum Gasteiger partial charge on any atom is -0.422 e. The zero-order chi connectivity index (χ0) is 22.2. The normalized spacial score (nSPS) is 11.2. The highest BCUT2D eigenvalue weighted by Gasteiger charge is 2.25. The van der Waals surface area contributed by atoms with E-state index in [4.69, 9.17) is 9.40 Å². The number of amides is 1. The Balaban J connectivity index is 1.65. The molecule has 158 valence electrons. The third kappa shape index (κ3) is 3.59. The first kappa shape index (κ1) is 20.2. The molecule has 0 saturated carbocycles. The van der Waals surface area contributed by atoms with Crippen LogP contribution >= 0.6 is 11.3 Å². The molecule has 0 radical (unpaired) electrons. The van der Waals surface area contributed by atoms with Crippen LogP contribution in [0.25, 0.3) is 21.2 Å². The molecule has 0 aliphatic carbocycles. The minimum absolute atomic E-state index is 0.00760. The molecule has 0 fully saturated rings. The van der Waals surface area contributed by atoms with Gasteiger partial charge in [-0.3, -0.25) is 9.69 Å². The second-order valence-corrected chi connectivity index (χ2v) is 8.72. The average molecular weight is 441 g/mol. The van der Waals surface area contributed by atoms with Gasteiger partial charge in [0, 0.05) is 5.39 Å². The van der Waals surface area contributed by atoms with Gasteiger partial charge in [0.1, 0.15) is 11.1 Å². The van der Waals surface area contributed by atoms with E-state index in [1.54, 1.807) is 23.1 Å². The number of thiazole rings is 1. The van der Waals surface area contributed by atoms with Crippen molar-refractivity contribution in [1.29, 1.82) is 0 Å². The summed E-state index contributed by atoms with van der Waals surface area (Å²) < 4.78 is 6.42. The number of aromatic nitrogens is 1. The predicted octanol–water partition coefficient (Wildman–Crippen LogP) is 5.87. The molecule has 32 heavy (non-hydrogen) atoms. The number of hydrogen-bond donors (Lipinski definition) is 0. The first-order valence-electron chi connectivity index (χ1n) is 10.3. The van der Waals surface area contributed by atoms with Crippen molar-refractivity contribution < 1.29 is 9.21 Å². The van der Waals surface area contributed by atoms with E-state index in [1.807, 2.05) is 62.4 Å². The first-order valence-corrected chi connectivity index (χ1v) is 11.1. The lowest BCUT2D eigenvalue weighted by Gasteiger charge is -2.19. The Kier molecular flexibility index (Phi) is 5.07. The van der Waals surface area contributed by atoms with Crippen molar-refractivity contribution in [2.24, 2.45) is 0 Å². The van der Waals surface area contributed by atoms with Crippen molar-refractivity contribution in [3.63, 3.8) is 0 Å². The zero-order valence-electron chi connectivity index (χ0n) is 17.7. The van der Waals surface area contributed by atoms with Gasteiger partial charge in [0.05, 0.1) is 16.8 Å². The van der Waals surface area contributed by atoms with Crippen LogP contribution in [0.4, 0.5) is 5.13 Å². The van der Waals surface area contributed by atoms with E-state index in [0.29, 0.717) is 22.6 Å². The lowest BCUT2D eigenvalue weighted by atomic mass is 10.1. The summed E-state index contributed by atoms with van der Waals surface area (Å²) in [5, 5.41) is 1.25. The highest BCUT2D eigenvalue weighted by Crippen LogP contribution is 2.33. The van der Waals surface area contributed by atoms with Gasteiger partial charge in [-0.1, -0.05) is 65.9 Å². The molecule has 5 nitrogen and oxygen atoms in total. The minimum atomic E-state index is -0.653. The number of aryl methyl sites for hydroxylation is 2. The number of para-hydroxylation sites is 1. The fourth-order valence-electron chi connectivity index (χ4n) is 3.68. The molecular weight excluding hydrogens is 420 g/mol. The second-order valence-electron chi connectivity index (χ2n) is 7.71. The van der Waals surface area contributed by atoms with E-state index in [2.05, 4.69) is 6.07 Å². The standard InChI is InChI=1S/C26H20N2O3S/c1-16-12-13-22-23(17(16)2)27-26(32-22)28(15-18-8-4-3-5-9-18)24(29)20-14-19-10-6-7-11-21(19)31-25(20)30/h3-14H,15H2,1-2H3. The molecule has 2 aromatic heterocycles. The molecule has 0 N–H and O–H groups in total. The molecule has 0 saturated heterocycles. The van der Waals surface area contributed by atoms with E-state index in [-0.39, 0.29) is 5.56 Å². The Morgan fingerprint density at radius 2 is 1.75 bits per heavy atom. The topological polar surface area (TPSA) is 63.4 Å². The number of carbonyl (C=O) groups is 1. The largest absolute Gasteiger partial charge is 0.422 e. The van der Waals surface area contributed by atoms with Crippen LogP contribution in [0.3, 0.4) is 0 Å². The maximum absolute atomic E-state index is 13.7. The van der Waals surface area contributed by atoms with Crippen molar-refractivity contribution in [2.75, 3.05) is 4.90 Å². The van der Waals surface area contributed by atoms with Gasteiger partial charge in [-0.25, -0.2) is 9.78 Å². The molecule has 0 aliphatic rings. The van der Waals surface area contributed by atoms with Gasteiger partial charge in [-0.15, -0.1) is 0 Å². The molecule has 1 amide bonds. The summed E-state index contributed by atoms with van der Waals surface area (Å²) in [6, 6.07) is 22.5. The molecule has 5 aromatic rings. The Hall–Kier alpha value is -3.77. The number of fused-ring (bicyclic) bond motifs is 2. The van der Waals surface area contributed by atoms with Crippen LogP contribution in [0, 0.1) is 13.8 Å². The third-order valence-electron chi connectivity index (χ3n) is 5.60. The lowest BCUT2D eigenvalue weighted by molar-refractivity contribution is 0.0981. The summed E-state index contributed by atoms with van der Waals surface area (Å²) in [6.07, 6.45) is 0. The Morgan fingerprint density at radius 1 is 1.00 bits per heavy atom. The molecule has 3 aromatic carbocycles. The monoisotopic (exact) mass is 440 g/mol. The van der Waals surface area contributed by atoms with Crippen LogP contribution in [0.5, 0.6) is 0 Å². The van der Waals surface area contributed by atoms with Crippen LogP contribution < -0.4 is 10.5 Å². The maximum Gasteiger partial charge on any atom is 0.349 e. The molecule has 6 heteroatoms. The summed E-state index contributed by atoms with van der Waals surface area (Å²) in [7, 11) is 0. The van der Waals surface area contributed by atoms with Gasteiger partial charge in [0.15, 0.2) is 5.13 Å². The molecular formula is C26H20N2O3S. The highest BCUT2D eigenvalue weighted by atomic mass is 32.1. The Labute approximate surface area is 188 Å². The Morgan fingerprint density at radius 3 is 2.56 bits per heavy atom. The van der Waals surface area contributed by atoms with Crippen LogP contribution in [0.1, 0.15) is 27.0 Å². The van der Waals surface area contributed by atoms with Gasteiger partial charge < -0.3 is 4.42 Å². The fraction of sp³-hybridized carbons (Fsp3) is 0.115. The molecule has 5 rings (SSSR count). The van der Waals surface area contributed by atoms with Crippen molar-refractivity contribution in [3.05, 3.63) is 105 Å². The smallest absolute Gasteiger partial charge is 0.349 e. The number of benzene rings is 3.